The number of carbonyl (C=O) groups is 2. The molecule has 0 aliphatic rings. The van der Waals surface area contributed by atoms with E-state index in [9.17, 15) is 9.59 Å². The van der Waals surface area contributed by atoms with E-state index in [0.717, 1.165) is 5.75 Å². The van der Waals surface area contributed by atoms with Gasteiger partial charge in [-0.2, -0.15) is 11.8 Å². The molecule has 0 spiro atoms. The molecule has 4 N–H and O–H groups in total. The van der Waals surface area contributed by atoms with E-state index in [4.69, 9.17) is 10.8 Å². The molecule has 0 saturated heterocycles. The van der Waals surface area contributed by atoms with Crippen molar-refractivity contribution < 1.29 is 14.7 Å². The maximum atomic E-state index is 11.9. The van der Waals surface area contributed by atoms with E-state index in [-0.39, 0.29) is 17.2 Å². The first-order valence-electron chi connectivity index (χ1n) is 5.54. The molecule has 0 aliphatic heterocycles. The summed E-state index contributed by atoms with van der Waals surface area (Å²) >= 11 is 4.82. The second kappa shape index (κ2) is 7.52. The standard InChI is InChI=1S/C12H15BrN2O3S/c1-19-6-5-9(14)11(16)15-10-7(12(17)18)3-2-4-8(10)13/h2-4,9H,5-6,14H2,1H3,(H,15,16)(H,17,18)/t9-/m0/s1. The molecule has 1 aromatic carbocycles. The number of carbonyl (C=O) groups excluding carboxylic acids is 1. The molecule has 0 aliphatic carbocycles. The number of para-hydroxylation sites is 1. The third kappa shape index (κ3) is 4.52. The van der Waals surface area contributed by atoms with Crippen LogP contribution in [0.5, 0.6) is 0 Å². The number of amides is 1. The molecule has 1 amide bonds. The number of anilines is 1. The molecule has 5 nitrogen and oxygen atoms in total. The van der Waals surface area contributed by atoms with Crippen LogP contribution in [0.3, 0.4) is 0 Å². The zero-order chi connectivity index (χ0) is 14.4. The minimum atomic E-state index is -1.10. The highest BCUT2D eigenvalue weighted by Gasteiger charge is 2.18. The Balaban J connectivity index is 2.87. The van der Waals surface area contributed by atoms with Crippen LogP contribution in [0.15, 0.2) is 22.7 Å². The van der Waals surface area contributed by atoms with Crippen LogP contribution in [-0.4, -0.2) is 35.0 Å². The maximum Gasteiger partial charge on any atom is 0.337 e. The van der Waals surface area contributed by atoms with Gasteiger partial charge >= 0.3 is 5.97 Å². The van der Waals surface area contributed by atoms with E-state index in [1.54, 1.807) is 23.9 Å². The fourth-order valence-corrected chi connectivity index (χ4v) is 2.38. The van der Waals surface area contributed by atoms with Gasteiger partial charge in [0.1, 0.15) is 0 Å². The van der Waals surface area contributed by atoms with Crippen molar-refractivity contribution >= 4 is 45.3 Å². The van der Waals surface area contributed by atoms with E-state index < -0.39 is 12.0 Å². The molecule has 104 valence electrons. The number of aromatic carboxylic acids is 1. The first kappa shape index (κ1) is 16.0. The van der Waals surface area contributed by atoms with Crippen LogP contribution < -0.4 is 11.1 Å². The Morgan fingerprint density at radius 1 is 1.53 bits per heavy atom. The van der Waals surface area contributed by atoms with E-state index in [1.165, 1.54) is 6.07 Å². The minimum absolute atomic E-state index is 0.0276. The van der Waals surface area contributed by atoms with Crippen molar-refractivity contribution in [2.45, 2.75) is 12.5 Å². The number of hydrogen-bond donors (Lipinski definition) is 3. The molecule has 0 unspecified atom stereocenters. The van der Waals surface area contributed by atoms with Crippen molar-refractivity contribution in [1.82, 2.24) is 0 Å². The van der Waals surface area contributed by atoms with Gasteiger partial charge in [0.05, 0.1) is 17.3 Å². The number of benzene rings is 1. The number of hydrogen-bond acceptors (Lipinski definition) is 4. The summed E-state index contributed by atoms with van der Waals surface area (Å²) < 4.78 is 0.512. The van der Waals surface area contributed by atoms with Gasteiger partial charge in [-0.1, -0.05) is 6.07 Å². The fourth-order valence-electron chi connectivity index (χ4n) is 1.42. The second-order valence-electron chi connectivity index (χ2n) is 3.84. The number of carboxylic acid groups (broad SMARTS) is 1. The summed E-state index contributed by atoms with van der Waals surface area (Å²) in [4.78, 5) is 23.0. The molecule has 0 fully saturated rings. The highest BCUT2D eigenvalue weighted by Crippen LogP contribution is 2.26. The van der Waals surface area contributed by atoms with Crippen molar-refractivity contribution in [2.75, 3.05) is 17.3 Å². The van der Waals surface area contributed by atoms with E-state index >= 15 is 0 Å². The highest BCUT2D eigenvalue weighted by atomic mass is 79.9. The van der Waals surface area contributed by atoms with Crippen LogP contribution in [-0.2, 0) is 4.79 Å². The Bertz CT molecular complexity index is 482. The molecule has 0 radical (unpaired) electrons. The van der Waals surface area contributed by atoms with E-state index in [1.807, 2.05) is 6.26 Å². The fraction of sp³-hybridized carbons (Fsp3) is 0.333. The van der Waals surface area contributed by atoms with Gasteiger partial charge in [0.15, 0.2) is 0 Å². The largest absolute Gasteiger partial charge is 0.478 e. The smallest absolute Gasteiger partial charge is 0.337 e. The summed E-state index contributed by atoms with van der Waals surface area (Å²) in [5.41, 5.74) is 6.00. The van der Waals surface area contributed by atoms with Gasteiger partial charge in [-0.3, -0.25) is 4.79 Å². The number of thioether (sulfide) groups is 1. The first-order valence-corrected chi connectivity index (χ1v) is 7.73. The van der Waals surface area contributed by atoms with Crippen molar-refractivity contribution in [3.8, 4) is 0 Å². The number of nitrogens with two attached hydrogens (primary N) is 1. The normalized spacial score (nSPS) is 11.9. The molecule has 7 heteroatoms. The minimum Gasteiger partial charge on any atom is -0.478 e. The van der Waals surface area contributed by atoms with Crippen molar-refractivity contribution in [3.05, 3.63) is 28.2 Å². The maximum absolute atomic E-state index is 11.9. The predicted octanol–water partition coefficient (Wildman–Crippen LogP) is 2.17. The monoisotopic (exact) mass is 346 g/mol. The Labute approximate surface area is 124 Å². The SMILES string of the molecule is CSCC[C@H](N)C(=O)Nc1c(Br)cccc1C(=O)O. The second-order valence-corrected chi connectivity index (χ2v) is 5.68. The quantitative estimate of drug-likeness (QED) is 0.733. The van der Waals surface area contributed by atoms with Crippen LogP contribution in [0, 0.1) is 0 Å². The van der Waals surface area contributed by atoms with Crippen LogP contribution in [0.1, 0.15) is 16.8 Å². The average Bonchev–Trinajstić information content (AvgIpc) is 2.37. The Morgan fingerprint density at radius 2 is 2.21 bits per heavy atom. The summed E-state index contributed by atoms with van der Waals surface area (Å²) in [6, 6.07) is 4.03. The number of halogens is 1. The Morgan fingerprint density at radius 3 is 2.79 bits per heavy atom. The van der Waals surface area contributed by atoms with Crippen molar-refractivity contribution in [2.24, 2.45) is 5.73 Å². The summed E-state index contributed by atoms with van der Waals surface area (Å²) in [5, 5.41) is 11.6. The molecule has 19 heavy (non-hydrogen) atoms. The van der Waals surface area contributed by atoms with Gasteiger partial charge in [0.2, 0.25) is 5.91 Å². The average molecular weight is 347 g/mol. The molecule has 1 aromatic rings. The summed E-state index contributed by atoms with van der Waals surface area (Å²) in [5.74, 6) is -0.714. The highest BCUT2D eigenvalue weighted by molar-refractivity contribution is 9.10. The number of rotatable bonds is 6. The van der Waals surface area contributed by atoms with Crippen molar-refractivity contribution in [1.29, 1.82) is 0 Å². The molecule has 0 bridgehead atoms. The van der Waals surface area contributed by atoms with Gasteiger partial charge in [-0.25, -0.2) is 4.79 Å². The summed E-state index contributed by atoms with van der Waals surface area (Å²) in [6.45, 7) is 0. The summed E-state index contributed by atoms with van der Waals surface area (Å²) in [7, 11) is 0. The zero-order valence-corrected chi connectivity index (χ0v) is 12.8. The molecular weight excluding hydrogens is 332 g/mol. The lowest BCUT2D eigenvalue weighted by Crippen LogP contribution is -2.36. The van der Waals surface area contributed by atoms with Gasteiger partial charge in [-0.05, 0) is 46.5 Å². The topological polar surface area (TPSA) is 92.4 Å². The number of carboxylic acids is 1. The number of nitrogens with one attached hydrogen (secondary N) is 1. The van der Waals surface area contributed by atoms with Gasteiger partial charge in [0, 0.05) is 4.47 Å². The first-order chi connectivity index (χ1) is 8.97. The van der Waals surface area contributed by atoms with Gasteiger partial charge < -0.3 is 16.2 Å². The lowest BCUT2D eigenvalue weighted by molar-refractivity contribution is -0.117. The van der Waals surface area contributed by atoms with Gasteiger partial charge in [-0.15, -0.1) is 0 Å². The Hall–Kier alpha value is -1.05. The van der Waals surface area contributed by atoms with Crippen molar-refractivity contribution in [3.63, 3.8) is 0 Å². The van der Waals surface area contributed by atoms with Gasteiger partial charge in [0.25, 0.3) is 0 Å². The van der Waals surface area contributed by atoms with Crippen LogP contribution in [0.25, 0.3) is 0 Å². The summed E-state index contributed by atoms with van der Waals surface area (Å²) in [6.07, 6.45) is 2.47. The van der Waals surface area contributed by atoms with Crippen LogP contribution in [0.4, 0.5) is 5.69 Å². The predicted molar refractivity (Wildman–Crippen MR) is 80.7 cm³/mol. The molecule has 1 rings (SSSR count). The lowest BCUT2D eigenvalue weighted by atomic mass is 10.1. The molecule has 0 heterocycles. The van der Waals surface area contributed by atoms with Crippen LogP contribution >= 0.6 is 27.7 Å². The van der Waals surface area contributed by atoms with E-state index in [0.29, 0.717) is 10.9 Å². The zero-order valence-electron chi connectivity index (χ0n) is 10.4. The molecule has 0 aromatic heterocycles. The third-order valence-corrected chi connectivity index (χ3v) is 3.77. The lowest BCUT2D eigenvalue weighted by Gasteiger charge is -2.14. The Kier molecular flexibility index (Phi) is 6.33. The third-order valence-electron chi connectivity index (χ3n) is 2.46. The van der Waals surface area contributed by atoms with E-state index in [2.05, 4.69) is 21.2 Å². The van der Waals surface area contributed by atoms with Crippen LogP contribution in [0.2, 0.25) is 0 Å². The molecule has 0 saturated carbocycles. The molecular formula is C12H15BrN2O3S. The molecule has 1 atom stereocenters.